The van der Waals surface area contributed by atoms with Crippen molar-refractivity contribution in [2.24, 2.45) is 21.6 Å². The van der Waals surface area contributed by atoms with Crippen LogP contribution in [0.2, 0.25) is 0 Å². The molecule has 0 heterocycles. The number of nitrogens with one attached hydrogen (secondary N) is 1. The van der Waals surface area contributed by atoms with E-state index in [0.29, 0.717) is 16.5 Å². The summed E-state index contributed by atoms with van der Waals surface area (Å²) >= 11 is 0. The number of hydrogen-bond acceptors (Lipinski definition) is 3. The second kappa shape index (κ2) is 15.1. The molecule has 0 amide bonds. The zero-order valence-corrected chi connectivity index (χ0v) is 23.2. The number of allylic oxidation sites excluding steroid dienone is 5. The van der Waals surface area contributed by atoms with Crippen molar-refractivity contribution in [2.75, 3.05) is 13.6 Å². The largest absolute Gasteiger partial charge is 0.397 e. The van der Waals surface area contributed by atoms with Gasteiger partial charge < -0.3 is 11.1 Å². The summed E-state index contributed by atoms with van der Waals surface area (Å²) in [5.74, 6) is 0. The minimum atomic E-state index is 0.552. The van der Waals surface area contributed by atoms with E-state index in [1.165, 1.54) is 63.5 Å². The van der Waals surface area contributed by atoms with Crippen molar-refractivity contribution in [1.29, 1.82) is 0 Å². The fourth-order valence-corrected chi connectivity index (χ4v) is 5.05. The summed E-state index contributed by atoms with van der Waals surface area (Å²) in [7, 11) is 2.07. The van der Waals surface area contributed by atoms with Crippen molar-refractivity contribution in [3.8, 4) is 0 Å². The maximum absolute atomic E-state index is 5.86. The van der Waals surface area contributed by atoms with Crippen LogP contribution in [0.25, 0.3) is 0 Å². The maximum Gasteiger partial charge on any atom is 0.0886 e. The molecule has 0 spiro atoms. The highest BCUT2D eigenvalue weighted by Crippen LogP contribution is 2.61. The summed E-state index contributed by atoms with van der Waals surface area (Å²) in [5, 5.41) is 3.32. The molecule has 3 aliphatic rings. The van der Waals surface area contributed by atoms with Crippen molar-refractivity contribution in [3.63, 3.8) is 0 Å². The fourth-order valence-electron chi connectivity index (χ4n) is 5.05. The van der Waals surface area contributed by atoms with Crippen molar-refractivity contribution in [3.05, 3.63) is 59.5 Å². The molecule has 0 aromatic rings. The van der Waals surface area contributed by atoms with Crippen molar-refractivity contribution >= 4 is 6.21 Å². The van der Waals surface area contributed by atoms with E-state index in [2.05, 4.69) is 44.0 Å². The Morgan fingerprint density at radius 2 is 1.52 bits per heavy atom. The van der Waals surface area contributed by atoms with Crippen molar-refractivity contribution in [2.45, 2.75) is 99.8 Å². The molecule has 188 valence electrons. The van der Waals surface area contributed by atoms with Gasteiger partial charge in [-0.25, -0.2) is 0 Å². The topological polar surface area (TPSA) is 50.4 Å². The van der Waals surface area contributed by atoms with E-state index >= 15 is 0 Å². The quantitative estimate of drug-likeness (QED) is 0.209. The molecule has 3 N–H and O–H groups in total. The predicted octanol–water partition coefficient (Wildman–Crippen LogP) is 8.27. The van der Waals surface area contributed by atoms with E-state index in [1.807, 2.05) is 47.6 Å². The summed E-state index contributed by atoms with van der Waals surface area (Å²) in [6.45, 7) is 27.2. The van der Waals surface area contributed by atoms with E-state index < -0.39 is 0 Å². The molecule has 2 bridgehead atoms. The molecule has 33 heavy (non-hydrogen) atoms. The molecule has 3 fully saturated rings. The number of nitrogens with zero attached hydrogens (tertiary/aromatic N) is 1. The van der Waals surface area contributed by atoms with Gasteiger partial charge in [-0.1, -0.05) is 57.7 Å². The number of hydrogen-bond donors (Lipinski definition) is 2. The number of nitrogens with two attached hydrogens (primary N) is 1. The van der Waals surface area contributed by atoms with Crippen LogP contribution in [-0.2, 0) is 0 Å². The Hall–Kier alpha value is -1.87. The molecule has 3 saturated carbocycles. The third kappa shape index (κ3) is 8.45. The van der Waals surface area contributed by atoms with Crippen LogP contribution < -0.4 is 11.1 Å². The van der Waals surface area contributed by atoms with Crippen LogP contribution in [0.3, 0.4) is 0 Å². The van der Waals surface area contributed by atoms with Gasteiger partial charge in [0.2, 0.25) is 0 Å². The molecule has 0 radical (unpaired) electrons. The number of rotatable bonds is 9. The number of aliphatic imine (C=N–C) groups is 1. The lowest BCUT2D eigenvalue weighted by atomic mass is 9.51. The summed E-state index contributed by atoms with van der Waals surface area (Å²) < 4.78 is 0. The second-order valence-electron chi connectivity index (χ2n) is 9.45. The molecule has 0 atom stereocenters. The highest BCUT2D eigenvalue weighted by atomic mass is 14.8. The molecular weight excluding hydrogens is 402 g/mol. The SMILES string of the molecule is C=C(C)C(=C)/C(C)=C(N=CC)/C(N)=C\C.C=C(CC)C12CCC(CCNC)(CC1)CC2.CC. The van der Waals surface area contributed by atoms with Gasteiger partial charge in [0.05, 0.1) is 11.4 Å². The lowest BCUT2D eigenvalue weighted by Gasteiger charge is -2.54. The third-order valence-electron chi connectivity index (χ3n) is 7.65. The maximum atomic E-state index is 5.86. The van der Waals surface area contributed by atoms with Crippen LogP contribution >= 0.6 is 0 Å². The van der Waals surface area contributed by atoms with Gasteiger partial charge in [-0.3, -0.25) is 4.99 Å². The second-order valence-corrected chi connectivity index (χ2v) is 9.45. The zero-order chi connectivity index (χ0) is 25.7. The summed E-state index contributed by atoms with van der Waals surface area (Å²) in [4.78, 5) is 4.26. The third-order valence-corrected chi connectivity index (χ3v) is 7.65. The van der Waals surface area contributed by atoms with Crippen LogP contribution in [0.1, 0.15) is 99.8 Å². The van der Waals surface area contributed by atoms with Gasteiger partial charge in [-0.2, -0.15) is 0 Å². The zero-order valence-electron chi connectivity index (χ0n) is 23.2. The Balaban J connectivity index is 0.000000579. The van der Waals surface area contributed by atoms with E-state index in [9.17, 15) is 0 Å². The van der Waals surface area contributed by atoms with Crippen molar-refractivity contribution in [1.82, 2.24) is 5.32 Å². The van der Waals surface area contributed by atoms with E-state index in [1.54, 1.807) is 6.21 Å². The highest BCUT2D eigenvalue weighted by Gasteiger charge is 2.48. The Bertz CT molecular complexity index is 724. The normalized spacial score (nSPS) is 24.8. The Kier molecular flexibility index (Phi) is 14.3. The van der Waals surface area contributed by atoms with Crippen LogP contribution in [-0.4, -0.2) is 19.8 Å². The monoisotopic (exact) mass is 455 g/mol. The minimum absolute atomic E-state index is 0.552. The van der Waals surface area contributed by atoms with Crippen LogP contribution in [0.15, 0.2) is 64.5 Å². The van der Waals surface area contributed by atoms with Gasteiger partial charge in [0, 0.05) is 6.21 Å². The van der Waals surface area contributed by atoms with Crippen molar-refractivity contribution < 1.29 is 0 Å². The van der Waals surface area contributed by atoms with Crippen LogP contribution in [0.5, 0.6) is 0 Å². The summed E-state index contributed by atoms with van der Waals surface area (Å²) in [6.07, 6.45) is 14.7. The van der Waals surface area contributed by atoms with E-state index in [0.717, 1.165) is 22.4 Å². The van der Waals surface area contributed by atoms with Gasteiger partial charge in [0.1, 0.15) is 0 Å². The molecule has 0 aromatic carbocycles. The van der Waals surface area contributed by atoms with Gasteiger partial charge in [0.15, 0.2) is 0 Å². The van der Waals surface area contributed by atoms with Crippen LogP contribution in [0, 0.1) is 10.8 Å². The molecular formula is C30H53N3. The average molecular weight is 456 g/mol. The Morgan fingerprint density at radius 3 is 1.88 bits per heavy atom. The van der Waals surface area contributed by atoms with E-state index in [4.69, 9.17) is 5.73 Å². The summed E-state index contributed by atoms with van der Waals surface area (Å²) in [6, 6.07) is 0. The van der Waals surface area contributed by atoms with Gasteiger partial charge >= 0.3 is 0 Å². The summed E-state index contributed by atoms with van der Waals surface area (Å²) in [5.41, 5.74) is 12.9. The Labute approximate surface area is 206 Å². The Morgan fingerprint density at radius 1 is 1.00 bits per heavy atom. The standard InChI is InChI=1S/C15H27N.C13H20N2.C2H6/c1-4-13(2)15-8-5-14(6-9-15,7-10-15)11-12-16-3;1-7-12(14)13(15-8-2)11(6)10(5)9(3)4;1-2/h16H,2,4-12H2,1,3H3;7-8H,3,5,14H2,1-2,4,6H3;1-2H3/b;12-7+,13-11-,15-8?;. The first-order chi connectivity index (χ1) is 15.6. The first-order valence-corrected chi connectivity index (χ1v) is 12.9. The molecule has 3 rings (SSSR count). The molecule has 3 nitrogen and oxygen atoms in total. The predicted molar refractivity (Wildman–Crippen MR) is 151 cm³/mol. The molecule has 0 saturated heterocycles. The van der Waals surface area contributed by atoms with E-state index in [-0.39, 0.29) is 0 Å². The van der Waals surface area contributed by atoms with Gasteiger partial charge in [-0.05, 0) is 115 Å². The molecule has 0 aliphatic heterocycles. The minimum Gasteiger partial charge on any atom is -0.397 e. The number of fused-ring (bicyclic) bond motifs is 3. The molecule has 0 unspecified atom stereocenters. The first-order valence-electron chi connectivity index (χ1n) is 12.9. The lowest BCUT2D eigenvalue weighted by molar-refractivity contribution is 0.00764. The average Bonchev–Trinajstić information content (AvgIpc) is 2.86. The fraction of sp³-hybridized carbons (Fsp3) is 0.633. The highest BCUT2D eigenvalue weighted by molar-refractivity contribution is 5.59. The molecule has 3 heteroatoms. The lowest BCUT2D eigenvalue weighted by Crippen LogP contribution is -2.43. The molecule has 3 aliphatic carbocycles. The smallest absolute Gasteiger partial charge is 0.0886 e. The van der Waals surface area contributed by atoms with Gasteiger partial charge in [0.25, 0.3) is 0 Å². The van der Waals surface area contributed by atoms with Crippen LogP contribution in [0.4, 0.5) is 0 Å². The first kappa shape index (κ1) is 31.1. The molecule has 0 aromatic heterocycles. The van der Waals surface area contributed by atoms with Gasteiger partial charge in [-0.15, -0.1) is 0 Å².